The van der Waals surface area contributed by atoms with Crippen molar-refractivity contribution in [3.63, 3.8) is 0 Å². The first kappa shape index (κ1) is 19.6. The summed E-state index contributed by atoms with van der Waals surface area (Å²) in [7, 11) is 0. The molecule has 24 heavy (non-hydrogen) atoms. The number of hydrogen-bond acceptors (Lipinski definition) is 6. The summed E-state index contributed by atoms with van der Waals surface area (Å²) in [5.41, 5.74) is -0.832. The molecule has 0 aliphatic carbocycles. The molecule has 0 atom stereocenters. The van der Waals surface area contributed by atoms with Crippen LogP contribution in [0, 0.1) is 17.0 Å². The lowest BCUT2D eigenvalue weighted by Crippen LogP contribution is -2.23. The molecule has 0 bridgehead atoms. The van der Waals surface area contributed by atoms with Crippen molar-refractivity contribution >= 4 is 29.5 Å². The molecule has 0 unspecified atom stereocenters. The number of carbonyl (C=O) groups is 1. The SMILES string of the molecule is CCOC(=O)C(=N)/C(C/C=N/O)=C(/Cl)NCc1c(F)cccc1F. The van der Waals surface area contributed by atoms with Crippen molar-refractivity contribution < 1.29 is 23.5 Å². The van der Waals surface area contributed by atoms with Gasteiger partial charge in [0.2, 0.25) is 0 Å². The van der Waals surface area contributed by atoms with E-state index in [-0.39, 0.29) is 35.9 Å². The van der Waals surface area contributed by atoms with Gasteiger partial charge in [0.05, 0.1) is 6.61 Å². The third-order valence-corrected chi connectivity index (χ3v) is 3.27. The zero-order valence-electron chi connectivity index (χ0n) is 12.8. The van der Waals surface area contributed by atoms with Crippen LogP contribution >= 0.6 is 11.6 Å². The fourth-order valence-corrected chi connectivity index (χ4v) is 1.97. The van der Waals surface area contributed by atoms with Gasteiger partial charge in [-0.1, -0.05) is 17.7 Å². The minimum absolute atomic E-state index is 0.0373. The molecule has 3 N–H and O–H groups in total. The molecule has 0 aliphatic heterocycles. The molecule has 1 aromatic rings. The molecule has 0 amide bonds. The van der Waals surface area contributed by atoms with Gasteiger partial charge in [0, 0.05) is 30.3 Å². The van der Waals surface area contributed by atoms with E-state index in [9.17, 15) is 13.6 Å². The molecular weight excluding hydrogens is 344 g/mol. The smallest absolute Gasteiger partial charge is 0.356 e. The summed E-state index contributed by atoms with van der Waals surface area (Å²) < 4.78 is 31.9. The van der Waals surface area contributed by atoms with Gasteiger partial charge in [-0.3, -0.25) is 5.41 Å². The summed E-state index contributed by atoms with van der Waals surface area (Å²) in [6.45, 7) is 1.34. The van der Waals surface area contributed by atoms with Crippen molar-refractivity contribution in [1.29, 1.82) is 5.41 Å². The number of halogens is 3. The molecule has 6 nitrogen and oxygen atoms in total. The Morgan fingerprint density at radius 2 is 2.08 bits per heavy atom. The van der Waals surface area contributed by atoms with Crippen molar-refractivity contribution in [1.82, 2.24) is 5.32 Å². The number of benzene rings is 1. The maximum absolute atomic E-state index is 13.6. The molecule has 0 spiro atoms. The zero-order valence-corrected chi connectivity index (χ0v) is 13.5. The molecule has 0 aromatic heterocycles. The van der Waals surface area contributed by atoms with Crippen molar-refractivity contribution in [2.45, 2.75) is 19.9 Å². The molecule has 9 heteroatoms. The maximum atomic E-state index is 13.6. The molecular formula is C15H16ClF2N3O3. The van der Waals surface area contributed by atoms with E-state index in [1.165, 1.54) is 6.07 Å². The van der Waals surface area contributed by atoms with Gasteiger partial charge in [0.25, 0.3) is 0 Å². The van der Waals surface area contributed by atoms with E-state index in [4.69, 9.17) is 27.0 Å². The van der Waals surface area contributed by atoms with E-state index in [0.717, 1.165) is 18.3 Å². The van der Waals surface area contributed by atoms with Gasteiger partial charge in [0.15, 0.2) is 0 Å². The molecule has 0 aliphatic rings. The van der Waals surface area contributed by atoms with Crippen LogP contribution in [0.1, 0.15) is 18.9 Å². The highest BCUT2D eigenvalue weighted by molar-refractivity contribution is 6.45. The lowest BCUT2D eigenvalue weighted by Gasteiger charge is -2.12. The van der Waals surface area contributed by atoms with Crippen molar-refractivity contribution in [2.75, 3.05) is 6.61 Å². The molecule has 1 rings (SSSR count). The normalized spacial score (nSPS) is 12.0. The van der Waals surface area contributed by atoms with E-state index in [1.54, 1.807) is 6.92 Å². The number of nitrogens with zero attached hydrogens (tertiary/aromatic N) is 1. The Labute approximate surface area is 142 Å². The lowest BCUT2D eigenvalue weighted by atomic mass is 10.1. The first-order valence-corrected chi connectivity index (χ1v) is 7.27. The van der Waals surface area contributed by atoms with Crippen LogP contribution in [0.5, 0.6) is 0 Å². The quantitative estimate of drug-likeness (QED) is 0.219. The van der Waals surface area contributed by atoms with E-state index in [1.807, 2.05) is 0 Å². The van der Waals surface area contributed by atoms with Crippen LogP contribution in [0.2, 0.25) is 0 Å². The summed E-state index contributed by atoms with van der Waals surface area (Å²) in [4.78, 5) is 11.6. The standard InChI is InChI=1S/C15H16ClF2N3O3/c1-2-24-15(22)13(19)9(6-7-21-23)14(16)20-8-10-11(17)4-3-5-12(10)18/h3-5,7,19-20,23H,2,6,8H2,1H3/b14-9-,19-13?,21-7+. The number of hydrogen-bond donors (Lipinski definition) is 3. The Bertz CT molecular complexity index is 658. The van der Waals surface area contributed by atoms with E-state index >= 15 is 0 Å². The predicted octanol–water partition coefficient (Wildman–Crippen LogP) is 2.94. The van der Waals surface area contributed by atoms with Crippen LogP contribution < -0.4 is 5.32 Å². The van der Waals surface area contributed by atoms with Crippen LogP contribution in [0.25, 0.3) is 0 Å². The molecule has 0 saturated carbocycles. The van der Waals surface area contributed by atoms with Crippen molar-refractivity contribution in [2.24, 2.45) is 5.16 Å². The van der Waals surface area contributed by atoms with Gasteiger partial charge < -0.3 is 15.3 Å². The number of nitrogens with one attached hydrogen (secondary N) is 2. The summed E-state index contributed by atoms with van der Waals surface area (Å²) in [6.07, 6.45) is 0.858. The monoisotopic (exact) mass is 359 g/mol. The second-order valence-corrected chi connectivity index (χ2v) is 4.82. The Morgan fingerprint density at radius 1 is 1.46 bits per heavy atom. The first-order chi connectivity index (χ1) is 11.4. The highest BCUT2D eigenvalue weighted by atomic mass is 35.5. The van der Waals surface area contributed by atoms with Gasteiger partial charge in [-0.15, -0.1) is 5.16 Å². The third kappa shape index (κ3) is 5.31. The largest absolute Gasteiger partial charge is 0.461 e. The predicted molar refractivity (Wildman–Crippen MR) is 85.3 cm³/mol. The van der Waals surface area contributed by atoms with E-state index in [2.05, 4.69) is 10.5 Å². The number of oxime groups is 1. The molecule has 130 valence electrons. The van der Waals surface area contributed by atoms with Crippen LogP contribution in [-0.4, -0.2) is 29.7 Å². The fourth-order valence-electron chi connectivity index (χ4n) is 1.73. The minimum atomic E-state index is -0.920. The van der Waals surface area contributed by atoms with Gasteiger partial charge >= 0.3 is 5.97 Å². The zero-order chi connectivity index (χ0) is 18.1. The average molecular weight is 360 g/mol. The van der Waals surface area contributed by atoms with E-state index in [0.29, 0.717) is 0 Å². The van der Waals surface area contributed by atoms with Crippen LogP contribution in [-0.2, 0) is 16.1 Å². The van der Waals surface area contributed by atoms with Gasteiger partial charge in [-0.05, 0) is 19.1 Å². The third-order valence-electron chi connectivity index (χ3n) is 2.91. The van der Waals surface area contributed by atoms with Crippen molar-refractivity contribution in [3.8, 4) is 0 Å². The van der Waals surface area contributed by atoms with Crippen LogP contribution in [0.3, 0.4) is 0 Å². The first-order valence-electron chi connectivity index (χ1n) is 6.89. The summed E-state index contributed by atoms with van der Waals surface area (Å²) in [6, 6.07) is 3.42. The molecule has 0 radical (unpaired) electrons. The average Bonchev–Trinajstić information content (AvgIpc) is 2.54. The maximum Gasteiger partial charge on any atom is 0.356 e. The fraction of sp³-hybridized carbons (Fsp3) is 0.267. The topological polar surface area (TPSA) is 94.8 Å². The number of esters is 1. The van der Waals surface area contributed by atoms with E-state index < -0.39 is 23.3 Å². The lowest BCUT2D eigenvalue weighted by molar-refractivity contribution is -0.135. The Kier molecular flexibility index (Phi) is 7.84. The molecule has 1 aromatic carbocycles. The summed E-state index contributed by atoms with van der Waals surface area (Å²) in [5, 5.41) is 21.4. The Hall–Kier alpha value is -2.48. The number of ether oxygens (including phenoxy) is 1. The summed E-state index contributed by atoms with van der Waals surface area (Å²) >= 11 is 6.01. The van der Waals surface area contributed by atoms with Gasteiger partial charge in [-0.25, -0.2) is 13.6 Å². The molecule has 0 saturated heterocycles. The Balaban J connectivity index is 3.01. The summed E-state index contributed by atoms with van der Waals surface area (Å²) in [5.74, 6) is -2.44. The Morgan fingerprint density at radius 3 is 2.62 bits per heavy atom. The second kappa shape index (κ2) is 9.61. The van der Waals surface area contributed by atoms with Crippen LogP contribution in [0.4, 0.5) is 8.78 Å². The molecule has 0 fully saturated rings. The van der Waals surface area contributed by atoms with Gasteiger partial charge in [-0.2, -0.15) is 0 Å². The van der Waals surface area contributed by atoms with Gasteiger partial charge in [0.1, 0.15) is 22.5 Å². The second-order valence-electron chi connectivity index (χ2n) is 4.44. The number of carbonyl (C=O) groups excluding carboxylic acids is 1. The minimum Gasteiger partial charge on any atom is -0.461 e. The molecule has 0 heterocycles. The van der Waals surface area contributed by atoms with Crippen molar-refractivity contribution in [3.05, 3.63) is 46.1 Å². The van der Waals surface area contributed by atoms with Crippen LogP contribution in [0.15, 0.2) is 34.1 Å². The number of rotatable bonds is 8. The highest BCUT2D eigenvalue weighted by Crippen LogP contribution is 2.16. The highest BCUT2D eigenvalue weighted by Gasteiger charge is 2.19.